The minimum Gasteiger partial charge on any atom is -0.480 e. The SMILES string of the molecule is CCCCC/C=C\C/C=C\CCCCCCCC(=O)NC(CCSC)C(=O)O. The second-order valence-corrected chi connectivity index (χ2v) is 8.21. The van der Waals surface area contributed by atoms with Crippen LogP contribution in [0.3, 0.4) is 0 Å². The quantitative estimate of drug-likeness (QED) is 0.198. The monoisotopic (exact) mass is 411 g/mol. The number of carbonyl (C=O) groups is 2. The van der Waals surface area contributed by atoms with Gasteiger partial charge in [-0.05, 0) is 57.0 Å². The first-order valence-electron chi connectivity index (χ1n) is 10.9. The number of nitrogens with one attached hydrogen (secondary N) is 1. The molecule has 0 saturated heterocycles. The fourth-order valence-corrected chi connectivity index (χ4v) is 3.33. The molecule has 0 radical (unpaired) electrons. The molecule has 0 bridgehead atoms. The van der Waals surface area contributed by atoms with Crippen molar-refractivity contribution in [3.05, 3.63) is 24.3 Å². The van der Waals surface area contributed by atoms with Crippen molar-refractivity contribution in [1.29, 1.82) is 0 Å². The number of rotatable bonds is 19. The average molecular weight is 412 g/mol. The molecule has 0 aliphatic carbocycles. The molecule has 0 fully saturated rings. The van der Waals surface area contributed by atoms with Crippen molar-refractivity contribution >= 4 is 23.6 Å². The van der Waals surface area contributed by atoms with E-state index in [1.165, 1.54) is 38.5 Å². The smallest absolute Gasteiger partial charge is 0.326 e. The number of hydrogen-bond donors (Lipinski definition) is 2. The van der Waals surface area contributed by atoms with E-state index in [1.807, 2.05) is 6.26 Å². The minimum atomic E-state index is -0.942. The molecule has 0 aliphatic rings. The molecule has 0 aromatic rings. The van der Waals surface area contributed by atoms with Crippen molar-refractivity contribution in [1.82, 2.24) is 5.32 Å². The Bertz CT molecular complexity index is 449. The van der Waals surface area contributed by atoms with E-state index in [0.29, 0.717) is 12.8 Å². The molecule has 28 heavy (non-hydrogen) atoms. The highest BCUT2D eigenvalue weighted by Gasteiger charge is 2.18. The predicted molar refractivity (Wildman–Crippen MR) is 122 cm³/mol. The van der Waals surface area contributed by atoms with Crippen LogP contribution in [0.25, 0.3) is 0 Å². The number of hydrogen-bond acceptors (Lipinski definition) is 3. The second-order valence-electron chi connectivity index (χ2n) is 7.22. The van der Waals surface area contributed by atoms with Gasteiger partial charge in [-0.3, -0.25) is 4.79 Å². The van der Waals surface area contributed by atoms with Gasteiger partial charge in [0.15, 0.2) is 0 Å². The Kier molecular flexibility index (Phi) is 19.6. The topological polar surface area (TPSA) is 66.4 Å². The zero-order chi connectivity index (χ0) is 20.9. The first-order chi connectivity index (χ1) is 13.6. The maximum absolute atomic E-state index is 11.9. The summed E-state index contributed by atoms with van der Waals surface area (Å²) in [5.41, 5.74) is 0. The van der Waals surface area contributed by atoms with Crippen LogP contribution in [0.15, 0.2) is 24.3 Å². The highest BCUT2D eigenvalue weighted by atomic mass is 32.2. The highest BCUT2D eigenvalue weighted by Crippen LogP contribution is 2.09. The molecule has 1 amide bonds. The Hall–Kier alpha value is -1.23. The number of allylic oxidation sites excluding steroid dienone is 4. The van der Waals surface area contributed by atoms with Gasteiger partial charge >= 0.3 is 5.97 Å². The van der Waals surface area contributed by atoms with Gasteiger partial charge in [0.2, 0.25) is 5.91 Å². The number of carboxylic acids is 1. The second kappa shape index (κ2) is 20.5. The normalized spacial score (nSPS) is 12.6. The maximum atomic E-state index is 11.9. The van der Waals surface area contributed by atoms with Gasteiger partial charge in [-0.15, -0.1) is 0 Å². The van der Waals surface area contributed by atoms with Crippen LogP contribution in [0, 0.1) is 0 Å². The summed E-state index contributed by atoms with van der Waals surface area (Å²) in [5.74, 6) is -0.345. The summed E-state index contributed by atoms with van der Waals surface area (Å²) in [5, 5.41) is 11.8. The first-order valence-corrected chi connectivity index (χ1v) is 12.3. The molecule has 0 aromatic heterocycles. The Morgan fingerprint density at radius 3 is 2.14 bits per heavy atom. The fourth-order valence-electron chi connectivity index (χ4n) is 2.86. The molecule has 0 aliphatic heterocycles. The molecule has 0 rings (SSSR count). The number of amides is 1. The largest absolute Gasteiger partial charge is 0.480 e. The molecule has 2 N–H and O–H groups in total. The summed E-state index contributed by atoms with van der Waals surface area (Å²) >= 11 is 1.59. The van der Waals surface area contributed by atoms with Crippen LogP contribution in [-0.4, -0.2) is 35.0 Å². The standard InChI is InChI=1S/C23H41NO3S/c1-3-4-5-6-7-8-9-10-11-12-13-14-15-16-17-18-22(25)24-21(23(26)27)19-20-28-2/h7-8,10-11,21H,3-6,9,12-20H2,1-2H3,(H,24,25)(H,26,27)/b8-7-,11-10-. The zero-order valence-corrected chi connectivity index (χ0v) is 18.8. The molecule has 162 valence electrons. The number of thioether (sulfide) groups is 1. The zero-order valence-electron chi connectivity index (χ0n) is 18.0. The van der Waals surface area contributed by atoms with Crippen LogP contribution >= 0.6 is 11.8 Å². The molecule has 1 unspecified atom stereocenters. The third-order valence-corrected chi connectivity index (χ3v) is 5.24. The lowest BCUT2D eigenvalue weighted by Gasteiger charge is -2.13. The van der Waals surface area contributed by atoms with Gasteiger partial charge in [0, 0.05) is 6.42 Å². The Morgan fingerprint density at radius 1 is 0.929 bits per heavy atom. The van der Waals surface area contributed by atoms with Crippen LogP contribution in [-0.2, 0) is 9.59 Å². The van der Waals surface area contributed by atoms with Crippen molar-refractivity contribution in [2.75, 3.05) is 12.0 Å². The van der Waals surface area contributed by atoms with E-state index in [0.717, 1.165) is 37.9 Å². The van der Waals surface area contributed by atoms with Crippen LogP contribution in [0.5, 0.6) is 0 Å². The van der Waals surface area contributed by atoms with Crippen LogP contribution in [0.1, 0.15) is 90.4 Å². The van der Waals surface area contributed by atoms with E-state index >= 15 is 0 Å². The molecule has 0 aromatic carbocycles. The Morgan fingerprint density at radius 2 is 1.54 bits per heavy atom. The van der Waals surface area contributed by atoms with Gasteiger partial charge < -0.3 is 10.4 Å². The number of carbonyl (C=O) groups excluding carboxylic acids is 1. The lowest BCUT2D eigenvalue weighted by atomic mass is 10.1. The summed E-state index contributed by atoms with van der Waals surface area (Å²) < 4.78 is 0. The van der Waals surface area contributed by atoms with Crippen molar-refractivity contribution in [3.8, 4) is 0 Å². The Balaban J connectivity index is 3.54. The summed E-state index contributed by atoms with van der Waals surface area (Å²) in [6.07, 6.45) is 24.5. The number of aliphatic carboxylic acids is 1. The molecule has 4 nitrogen and oxygen atoms in total. The average Bonchev–Trinajstić information content (AvgIpc) is 2.67. The van der Waals surface area contributed by atoms with Crippen LogP contribution < -0.4 is 5.32 Å². The van der Waals surface area contributed by atoms with Crippen molar-refractivity contribution in [2.24, 2.45) is 0 Å². The highest BCUT2D eigenvalue weighted by molar-refractivity contribution is 7.98. The predicted octanol–water partition coefficient (Wildman–Crippen LogP) is 6.12. The third-order valence-electron chi connectivity index (χ3n) is 4.60. The summed E-state index contributed by atoms with van der Waals surface area (Å²) in [4.78, 5) is 23.0. The lowest BCUT2D eigenvalue weighted by molar-refractivity contribution is -0.141. The van der Waals surface area contributed by atoms with Gasteiger partial charge in [-0.2, -0.15) is 11.8 Å². The van der Waals surface area contributed by atoms with Gasteiger partial charge in [-0.1, -0.05) is 63.3 Å². The summed E-state index contributed by atoms with van der Waals surface area (Å²) in [7, 11) is 0. The minimum absolute atomic E-state index is 0.140. The van der Waals surface area contributed by atoms with E-state index in [4.69, 9.17) is 5.11 Å². The van der Waals surface area contributed by atoms with E-state index in [2.05, 4.69) is 36.5 Å². The van der Waals surface area contributed by atoms with E-state index < -0.39 is 12.0 Å². The van der Waals surface area contributed by atoms with Crippen molar-refractivity contribution in [2.45, 2.75) is 96.4 Å². The van der Waals surface area contributed by atoms with Crippen LogP contribution in [0.4, 0.5) is 0 Å². The van der Waals surface area contributed by atoms with Gasteiger partial charge in [0.05, 0.1) is 0 Å². The van der Waals surface area contributed by atoms with Crippen molar-refractivity contribution < 1.29 is 14.7 Å². The van der Waals surface area contributed by atoms with E-state index in [9.17, 15) is 9.59 Å². The molecule has 5 heteroatoms. The Labute approximate surface area is 176 Å². The third kappa shape index (κ3) is 18.1. The van der Waals surface area contributed by atoms with Crippen molar-refractivity contribution in [3.63, 3.8) is 0 Å². The van der Waals surface area contributed by atoms with Gasteiger partial charge in [0.1, 0.15) is 6.04 Å². The number of unbranched alkanes of at least 4 members (excludes halogenated alkanes) is 8. The number of carboxylic acid groups (broad SMARTS) is 1. The molecule has 0 spiro atoms. The van der Waals surface area contributed by atoms with E-state index in [1.54, 1.807) is 11.8 Å². The first kappa shape index (κ1) is 26.8. The van der Waals surface area contributed by atoms with Gasteiger partial charge in [0.25, 0.3) is 0 Å². The van der Waals surface area contributed by atoms with E-state index in [-0.39, 0.29) is 5.91 Å². The summed E-state index contributed by atoms with van der Waals surface area (Å²) in [6.45, 7) is 2.23. The summed E-state index contributed by atoms with van der Waals surface area (Å²) in [6, 6.07) is -0.752. The molecular formula is C23H41NO3S. The molecule has 1 atom stereocenters. The lowest BCUT2D eigenvalue weighted by Crippen LogP contribution is -2.41. The fraction of sp³-hybridized carbons (Fsp3) is 0.739. The van der Waals surface area contributed by atoms with Crippen LogP contribution in [0.2, 0.25) is 0 Å². The molecule has 0 saturated carbocycles. The maximum Gasteiger partial charge on any atom is 0.326 e. The molecule has 0 heterocycles. The molecular weight excluding hydrogens is 370 g/mol. The van der Waals surface area contributed by atoms with Gasteiger partial charge in [-0.25, -0.2) is 4.79 Å².